The Balaban J connectivity index is 2.89. The van der Waals surface area contributed by atoms with Gasteiger partial charge < -0.3 is 9.84 Å². The highest BCUT2D eigenvalue weighted by Gasteiger charge is 2.05. The highest BCUT2D eigenvalue weighted by Crippen LogP contribution is 2.29. The van der Waals surface area contributed by atoms with Crippen LogP contribution in [0.1, 0.15) is 0 Å². The van der Waals surface area contributed by atoms with Gasteiger partial charge in [-0.1, -0.05) is 11.6 Å². The van der Waals surface area contributed by atoms with Crippen LogP contribution in [0.5, 0.6) is 5.75 Å². The number of thioether (sulfide) groups is 1. The van der Waals surface area contributed by atoms with Crippen LogP contribution in [0, 0.1) is 0 Å². The molecule has 1 rings (SSSR count). The summed E-state index contributed by atoms with van der Waals surface area (Å²) in [5, 5.41) is 7.93. The molecule has 0 amide bonds. The second-order valence-electron chi connectivity index (χ2n) is 2.16. The average molecular weight is 219 g/mol. The first-order valence-electron chi connectivity index (χ1n) is 3.38. The molecule has 1 N–H and O–H groups in total. The van der Waals surface area contributed by atoms with Crippen LogP contribution in [0.2, 0.25) is 5.02 Å². The third kappa shape index (κ3) is 2.82. The van der Waals surface area contributed by atoms with Crippen molar-refractivity contribution in [3.63, 3.8) is 0 Å². The maximum absolute atomic E-state index is 10.3. The van der Waals surface area contributed by atoms with Gasteiger partial charge in [0.05, 0.1) is 12.1 Å². The minimum atomic E-state index is -0.957. The summed E-state index contributed by atoms with van der Waals surface area (Å²) in [5.74, 6) is 0.538. The van der Waals surface area contributed by atoms with Crippen molar-refractivity contribution < 1.29 is 14.6 Å². The van der Waals surface area contributed by atoms with E-state index in [0.29, 0.717) is 27.4 Å². The van der Waals surface area contributed by atoms with Crippen LogP contribution in [-0.4, -0.2) is 17.5 Å². The number of methoxy groups -OCH3 is 1. The topological polar surface area (TPSA) is 46.5 Å². The Kier molecular flexibility index (Phi) is 3.45. The number of hydrogen-bond acceptors (Lipinski definition) is 3. The van der Waals surface area contributed by atoms with Gasteiger partial charge in [0.15, 0.2) is 0 Å². The Morgan fingerprint density at radius 2 is 2.31 bits per heavy atom. The number of ether oxygens (including phenoxy) is 1. The molecule has 0 aliphatic rings. The third-order valence-corrected chi connectivity index (χ3v) is 2.29. The van der Waals surface area contributed by atoms with Crippen LogP contribution in [0.15, 0.2) is 23.1 Å². The Hall–Kier alpha value is -0.870. The summed E-state index contributed by atoms with van der Waals surface area (Å²) < 4.78 is 4.92. The molecule has 70 valence electrons. The minimum absolute atomic E-state index is 0.411. The van der Waals surface area contributed by atoms with Gasteiger partial charge in [-0.15, -0.1) is 0 Å². The molecule has 0 saturated carbocycles. The first kappa shape index (κ1) is 10.2. The highest BCUT2D eigenvalue weighted by molar-refractivity contribution is 8.13. The van der Waals surface area contributed by atoms with E-state index in [9.17, 15) is 4.79 Å². The number of hydrogen-bond donors (Lipinski definition) is 1. The van der Waals surface area contributed by atoms with Gasteiger partial charge in [0.1, 0.15) is 5.75 Å². The van der Waals surface area contributed by atoms with Gasteiger partial charge in [-0.25, -0.2) is 4.79 Å². The summed E-state index contributed by atoms with van der Waals surface area (Å²) in [4.78, 5) is 10.9. The summed E-state index contributed by atoms with van der Waals surface area (Å²) in [6, 6.07) is 4.83. The lowest BCUT2D eigenvalue weighted by Crippen LogP contribution is -1.86. The second-order valence-corrected chi connectivity index (χ2v) is 3.60. The molecule has 0 radical (unpaired) electrons. The summed E-state index contributed by atoms with van der Waals surface area (Å²) in [6.07, 6.45) is 0. The Labute approximate surface area is 84.7 Å². The number of benzene rings is 1. The van der Waals surface area contributed by atoms with Crippen LogP contribution in [-0.2, 0) is 0 Å². The molecule has 1 aromatic rings. The molecule has 3 nitrogen and oxygen atoms in total. The number of carbonyl (C=O) groups is 1. The lowest BCUT2D eigenvalue weighted by molar-refractivity contribution is 0.222. The zero-order valence-corrected chi connectivity index (χ0v) is 8.35. The Morgan fingerprint density at radius 3 is 2.77 bits per heavy atom. The van der Waals surface area contributed by atoms with Gasteiger partial charge in [0, 0.05) is 4.90 Å². The molecule has 0 spiro atoms. The lowest BCUT2D eigenvalue weighted by atomic mass is 10.3. The van der Waals surface area contributed by atoms with Gasteiger partial charge in [0.25, 0.3) is 0 Å². The van der Waals surface area contributed by atoms with Crippen LogP contribution in [0.25, 0.3) is 0 Å². The van der Waals surface area contributed by atoms with Gasteiger partial charge in [-0.3, -0.25) is 0 Å². The van der Waals surface area contributed by atoms with Crippen molar-refractivity contribution in [3.05, 3.63) is 23.2 Å². The maximum atomic E-state index is 10.3. The van der Waals surface area contributed by atoms with Crippen molar-refractivity contribution >= 4 is 28.7 Å². The second kappa shape index (κ2) is 4.39. The van der Waals surface area contributed by atoms with Crippen LogP contribution in [0.3, 0.4) is 0 Å². The molecular formula is C8H7ClO3S. The van der Waals surface area contributed by atoms with Crippen molar-refractivity contribution in [1.29, 1.82) is 0 Å². The third-order valence-electron chi connectivity index (χ3n) is 1.33. The van der Waals surface area contributed by atoms with Gasteiger partial charge in [0.2, 0.25) is 0 Å². The lowest BCUT2D eigenvalue weighted by Gasteiger charge is -2.03. The summed E-state index contributed by atoms with van der Waals surface area (Å²) >= 11 is 6.49. The Bertz CT molecular complexity index is 327. The molecule has 0 saturated heterocycles. The van der Waals surface area contributed by atoms with E-state index < -0.39 is 5.30 Å². The van der Waals surface area contributed by atoms with Crippen molar-refractivity contribution in [2.24, 2.45) is 0 Å². The van der Waals surface area contributed by atoms with E-state index in [1.165, 1.54) is 7.11 Å². The SMILES string of the molecule is COc1ccc(SC(=O)O)cc1Cl. The quantitative estimate of drug-likeness (QED) is 0.775. The van der Waals surface area contributed by atoms with E-state index in [4.69, 9.17) is 21.4 Å². The van der Waals surface area contributed by atoms with Crippen molar-refractivity contribution in [1.82, 2.24) is 0 Å². The molecule has 0 aliphatic carbocycles. The van der Waals surface area contributed by atoms with Crippen molar-refractivity contribution in [2.45, 2.75) is 4.90 Å². The smallest absolute Gasteiger partial charge is 0.369 e. The molecule has 0 heterocycles. The maximum Gasteiger partial charge on any atom is 0.369 e. The zero-order chi connectivity index (χ0) is 9.84. The van der Waals surface area contributed by atoms with E-state index >= 15 is 0 Å². The fourth-order valence-electron chi connectivity index (χ4n) is 0.811. The normalized spacial score (nSPS) is 9.69. The average Bonchev–Trinajstić information content (AvgIpc) is 2.03. The van der Waals surface area contributed by atoms with E-state index in [0.717, 1.165) is 0 Å². The van der Waals surface area contributed by atoms with E-state index in [1.54, 1.807) is 18.2 Å². The van der Waals surface area contributed by atoms with Crippen LogP contribution < -0.4 is 4.74 Å². The Morgan fingerprint density at radius 1 is 1.62 bits per heavy atom. The van der Waals surface area contributed by atoms with Crippen molar-refractivity contribution in [2.75, 3.05) is 7.11 Å². The summed E-state index contributed by atoms with van der Waals surface area (Å²) in [7, 11) is 1.51. The molecular weight excluding hydrogens is 212 g/mol. The molecule has 5 heteroatoms. The molecule has 0 atom stereocenters. The fourth-order valence-corrected chi connectivity index (χ4v) is 1.65. The fraction of sp³-hybridized carbons (Fsp3) is 0.125. The summed E-state index contributed by atoms with van der Waals surface area (Å²) in [5.41, 5.74) is 0. The molecule has 0 aromatic heterocycles. The molecule has 13 heavy (non-hydrogen) atoms. The number of halogens is 1. The van der Waals surface area contributed by atoms with E-state index in [2.05, 4.69) is 0 Å². The largest absolute Gasteiger partial charge is 0.495 e. The van der Waals surface area contributed by atoms with Crippen LogP contribution in [0.4, 0.5) is 4.79 Å². The zero-order valence-electron chi connectivity index (χ0n) is 6.78. The molecule has 0 fully saturated rings. The monoisotopic (exact) mass is 218 g/mol. The highest BCUT2D eigenvalue weighted by atomic mass is 35.5. The molecule has 0 unspecified atom stereocenters. The summed E-state index contributed by atoms with van der Waals surface area (Å²) in [6.45, 7) is 0. The predicted octanol–water partition coefficient (Wildman–Crippen LogP) is 3.12. The van der Waals surface area contributed by atoms with Crippen molar-refractivity contribution in [3.8, 4) is 5.75 Å². The predicted molar refractivity (Wildman–Crippen MR) is 51.9 cm³/mol. The van der Waals surface area contributed by atoms with Crippen LogP contribution >= 0.6 is 23.4 Å². The molecule has 1 aromatic carbocycles. The first-order valence-corrected chi connectivity index (χ1v) is 4.57. The standard InChI is InChI=1S/C8H7ClO3S/c1-12-7-3-2-5(4-6(7)9)13-8(10)11/h2-4H,1H3,(H,10,11). The van der Waals surface area contributed by atoms with E-state index in [1.807, 2.05) is 0 Å². The van der Waals surface area contributed by atoms with Gasteiger partial charge in [-0.05, 0) is 30.0 Å². The first-order chi connectivity index (χ1) is 6.13. The molecule has 0 aliphatic heterocycles. The van der Waals surface area contributed by atoms with Gasteiger partial charge in [-0.2, -0.15) is 0 Å². The minimum Gasteiger partial charge on any atom is -0.495 e. The van der Waals surface area contributed by atoms with Gasteiger partial charge >= 0.3 is 5.30 Å². The number of rotatable bonds is 2. The van der Waals surface area contributed by atoms with E-state index in [-0.39, 0.29) is 0 Å². The molecule has 0 bridgehead atoms. The number of carboxylic acid groups (broad SMARTS) is 1.